The van der Waals surface area contributed by atoms with Gasteiger partial charge in [0.2, 0.25) is 0 Å². The van der Waals surface area contributed by atoms with E-state index in [1.807, 2.05) is 0 Å². The predicted molar refractivity (Wildman–Crippen MR) is 97.1 cm³/mol. The minimum absolute atomic E-state index is 0.889. The summed E-state index contributed by atoms with van der Waals surface area (Å²) in [6, 6.07) is 2.42. The second kappa shape index (κ2) is 11.8. The highest BCUT2D eigenvalue weighted by Gasteiger charge is 2.32. The van der Waals surface area contributed by atoms with E-state index in [9.17, 15) is 0 Å². The lowest BCUT2D eigenvalue weighted by atomic mass is 10.5. The number of hydrogen-bond donors (Lipinski definition) is 0. The van der Waals surface area contributed by atoms with Crippen LogP contribution in [-0.4, -0.2) is 43.1 Å². The average molecular weight is 335 g/mol. The maximum absolute atomic E-state index is 6.61. The molecule has 0 aliphatic heterocycles. The summed E-state index contributed by atoms with van der Waals surface area (Å²) in [4.78, 5) is 0. The molecule has 0 atom stereocenters. The molecule has 0 heterocycles. The Kier molecular flexibility index (Phi) is 12.0. The summed E-state index contributed by atoms with van der Waals surface area (Å²) in [5.74, 6) is 0. The molecule has 0 saturated heterocycles. The van der Waals surface area contributed by atoms with Crippen LogP contribution in [0.1, 0.15) is 39.5 Å². The molecule has 0 spiro atoms. The van der Waals surface area contributed by atoms with Crippen molar-refractivity contribution in [3.05, 3.63) is 0 Å². The van der Waals surface area contributed by atoms with Gasteiger partial charge < -0.3 is 13.6 Å². The Balaban J connectivity index is 3.87. The predicted octanol–water partition coefficient (Wildman–Crippen LogP) is 5.05. The van der Waals surface area contributed by atoms with Gasteiger partial charge in [0.15, 0.2) is 16.6 Å². The summed E-state index contributed by atoms with van der Waals surface area (Å²) in [5.41, 5.74) is 0. The lowest BCUT2D eigenvalue weighted by Gasteiger charge is -2.34. The molecule has 0 fully saturated rings. The smallest absolute Gasteiger partial charge is 0.173 e. The summed E-state index contributed by atoms with van der Waals surface area (Å²) >= 11 is 0. The van der Waals surface area contributed by atoms with Gasteiger partial charge in [-0.05, 0) is 64.0 Å². The molecular weight excluding hydrogens is 296 g/mol. The SMILES string of the molecule is CCCOCCC[Si](C)(C)O[Si](C)(C)CCCOCCC. The highest BCUT2D eigenvalue weighted by atomic mass is 28.4. The first-order valence-electron chi connectivity index (χ1n) is 8.68. The second-order valence-corrected chi connectivity index (χ2v) is 15.9. The Labute approximate surface area is 135 Å². The van der Waals surface area contributed by atoms with Crippen molar-refractivity contribution < 1.29 is 13.6 Å². The van der Waals surface area contributed by atoms with Crippen molar-refractivity contribution in [1.29, 1.82) is 0 Å². The molecular formula is C16H38O3Si2. The van der Waals surface area contributed by atoms with Crippen LogP contribution in [0, 0.1) is 0 Å². The molecule has 0 aromatic carbocycles. The first kappa shape index (κ1) is 21.3. The minimum atomic E-state index is -1.53. The zero-order valence-corrected chi connectivity index (χ0v) is 17.3. The van der Waals surface area contributed by atoms with Crippen LogP contribution in [-0.2, 0) is 13.6 Å². The third kappa shape index (κ3) is 13.7. The Morgan fingerprint density at radius 2 is 1.00 bits per heavy atom. The van der Waals surface area contributed by atoms with Crippen LogP contribution in [0.5, 0.6) is 0 Å². The van der Waals surface area contributed by atoms with Gasteiger partial charge in [0.25, 0.3) is 0 Å². The van der Waals surface area contributed by atoms with E-state index in [2.05, 4.69) is 40.0 Å². The molecule has 5 heteroatoms. The lowest BCUT2D eigenvalue weighted by Crippen LogP contribution is -2.44. The minimum Gasteiger partial charge on any atom is -0.455 e. The van der Waals surface area contributed by atoms with Crippen LogP contribution in [0.25, 0.3) is 0 Å². The molecule has 0 radical (unpaired) electrons. The highest BCUT2D eigenvalue weighted by molar-refractivity contribution is 6.84. The summed E-state index contributed by atoms with van der Waals surface area (Å²) in [5, 5.41) is 0. The maximum atomic E-state index is 6.61. The largest absolute Gasteiger partial charge is 0.455 e. The van der Waals surface area contributed by atoms with Gasteiger partial charge in [0.05, 0.1) is 0 Å². The molecule has 0 aliphatic rings. The van der Waals surface area contributed by atoms with Crippen LogP contribution < -0.4 is 0 Å². The van der Waals surface area contributed by atoms with Gasteiger partial charge in [-0.15, -0.1) is 0 Å². The fraction of sp³-hybridized carbons (Fsp3) is 1.00. The van der Waals surface area contributed by atoms with Crippen molar-refractivity contribution in [2.45, 2.75) is 77.8 Å². The Hall–Kier alpha value is 0.314. The van der Waals surface area contributed by atoms with Crippen LogP contribution in [0.2, 0.25) is 38.3 Å². The molecule has 0 bridgehead atoms. The molecule has 0 aromatic heterocycles. The molecule has 0 saturated carbocycles. The lowest BCUT2D eigenvalue weighted by molar-refractivity contribution is 0.134. The van der Waals surface area contributed by atoms with Crippen molar-refractivity contribution in [2.24, 2.45) is 0 Å². The zero-order chi connectivity index (χ0) is 16.2. The third-order valence-corrected chi connectivity index (χ3v) is 10.9. The van der Waals surface area contributed by atoms with Gasteiger partial charge in [-0.1, -0.05) is 13.8 Å². The summed E-state index contributed by atoms with van der Waals surface area (Å²) < 4.78 is 17.7. The summed E-state index contributed by atoms with van der Waals surface area (Å²) in [7, 11) is -3.07. The van der Waals surface area contributed by atoms with E-state index in [0.717, 1.165) is 52.1 Å². The number of ether oxygens (including phenoxy) is 2. The van der Waals surface area contributed by atoms with E-state index in [1.165, 1.54) is 12.1 Å². The Morgan fingerprint density at radius 1 is 0.619 bits per heavy atom. The molecule has 0 N–H and O–H groups in total. The van der Waals surface area contributed by atoms with E-state index >= 15 is 0 Å². The molecule has 0 rings (SSSR count). The van der Waals surface area contributed by atoms with Crippen molar-refractivity contribution in [2.75, 3.05) is 26.4 Å². The van der Waals surface area contributed by atoms with E-state index in [-0.39, 0.29) is 0 Å². The number of rotatable bonds is 14. The zero-order valence-electron chi connectivity index (χ0n) is 15.3. The first-order chi connectivity index (χ1) is 9.83. The van der Waals surface area contributed by atoms with Crippen molar-refractivity contribution in [3.63, 3.8) is 0 Å². The van der Waals surface area contributed by atoms with Crippen LogP contribution >= 0.6 is 0 Å². The highest BCUT2D eigenvalue weighted by Crippen LogP contribution is 2.23. The van der Waals surface area contributed by atoms with Gasteiger partial charge in [-0.3, -0.25) is 0 Å². The molecule has 3 nitrogen and oxygen atoms in total. The van der Waals surface area contributed by atoms with Gasteiger partial charge in [-0.2, -0.15) is 0 Å². The molecule has 21 heavy (non-hydrogen) atoms. The normalized spacial score (nSPS) is 12.9. The summed E-state index contributed by atoms with van der Waals surface area (Å²) in [6.07, 6.45) is 4.50. The summed E-state index contributed by atoms with van der Waals surface area (Å²) in [6.45, 7) is 17.3. The van der Waals surface area contributed by atoms with Gasteiger partial charge >= 0.3 is 0 Å². The second-order valence-electron chi connectivity index (χ2n) is 7.05. The van der Waals surface area contributed by atoms with Crippen LogP contribution in [0.15, 0.2) is 0 Å². The van der Waals surface area contributed by atoms with Gasteiger partial charge in [-0.25, -0.2) is 0 Å². The van der Waals surface area contributed by atoms with Crippen LogP contribution in [0.4, 0.5) is 0 Å². The number of hydrogen-bond acceptors (Lipinski definition) is 3. The van der Waals surface area contributed by atoms with Crippen LogP contribution in [0.3, 0.4) is 0 Å². The standard InChI is InChI=1S/C16H38O3Si2/c1-7-11-17-13-9-15-20(3,4)19-21(5,6)16-10-14-18-12-8-2/h7-16H2,1-6H3. The van der Waals surface area contributed by atoms with E-state index in [1.54, 1.807) is 0 Å². The third-order valence-electron chi connectivity index (χ3n) is 3.38. The topological polar surface area (TPSA) is 27.7 Å². The van der Waals surface area contributed by atoms with Crippen molar-refractivity contribution in [1.82, 2.24) is 0 Å². The van der Waals surface area contributed by atoms with E-state index in [0.29, 0.717) is 0 Å². The van der Waals surface area contributed by atoms with Gasteiger partial charge in [0, 0.05) is 26.4 Å². The average Bonchev–Trinajstić information content (AvgIpc) is 2.36. The fourth-order valence-electron chi connectivity index (χ4n) is 2.54. The van der Waals surface area contributed by atoms with E-state index < -0.39 is 16.6 Å². The fourth-order valence-corrected chi connectivity index (χ4v) is 11.3. The monoisotopic (exact) mass is 334 g/mol. The molecule has 0 aliphatic carbocycles. The molecule has 128 valence electrons. The van der Waals surface area contributed by atoms with Gasteiger partial charge in [0.1, 0.15) is 0 Å². The molecule has 0 unspecified atom stereocenters. The Bertz CT molecular complexity index is 222. The molecule has 0 aromatic rings. The van der Waals surface area contributed by atoms with Crippen molar-refractivity contribution in [3.8, 4) is 0 Å². The molecule has 0 amide bonds. The van der Waals surface area contributed by atoms with E-state index in [4.69, 9.17) is 13.6 Å². The first-order valence-corrected chi connectivity index (χ1v) is 14.9. The Morgan fingerprint density at radius 3 is 1.33 bits per heavy atom. The van der Waals surface area contributed by atoms with Crippen molar-refractivity contribution >= 4 is 16.6 Å². The maximum Gasteiger partial charge on any atom is 0.173 e. The quantitative estimate of drug-likeness (QED) is 0.329.